The maximum atomic E-state index is 11.7. The number of Topliss-reactive ketones (excluding diaryl/α,β-unsaturated/α-hetero) is 1. The van der Waals surface area contributed by atoms with Crippen LogP contribution in [0.2, 0.25) is 0 Å². The third-order valence-electron chi connectivity index (χ3n) is 3.18. The van der Waals surface area contributed by atoms with Crippen LogP contribution in [0.3, 0.4) is 0 Å². The molecule has 16 heavy (non-hydrogen) atoms. The van der Waals surface area contributed by atoms with E-state index in [1.807, 2.05) is 31.2 Å². The Morgan fingerprint density at radius 1 is 1.31 bits per heavy atom. The Balaban J connectivity index is 2.21. The third-order valence-corrected chi connectivity index (χ3v) is 3.18. The smallest absolute Gasteiger partial charge is 0.157 e. The van der Waals surface area contributed by atoms with Crippen molar-refractivity contribution in [2.45, 2.75) is 38.6 Å². The van der Waals surface area contributed by atoms with Gasteiger partial charge in [0.15, 0.2) is 5.78 Å². The van der Waals surface area contributed by atoms with Gasteiger partial charge in [-0.2, -0.15) is 0 Å². The molecule has 1 aromatic rings. The molecule has 1 unspecified atom stereocenters. The van der Waals surface area contributed by atoms with Crippen LogP contribution >= 0.6 is 0 Å². The lowest BCUT2D eigenvalue weighted by molar-refractivity contribution is -0.123. The Bertz CT molecular complexity index is 389. The molecule has 1 N–H and O–H groups in total. The molecule has 0 heterocycles. The van der Waals surface area contributed by atoms with Gasteiger partial charge in [0, 0.05) is 6.42 Å². The van der Waals surface area contributed by atoms with Gasteiger partial charge in [-0.15, -0.1) is 0 Å². The molecule has 0 amide bonds. The summed E-state index contributed by atoms with van der Waals surface area (Å²) < 4.78 is 0. The molecular formula is C13H17NO2. The maximum absolute atomic E-state index is 11.7. The SMILES string of the molecule is Cc1ccccc1N(O)C1CCCCC1=O. The molecule has 1 atom stereocenters. The molecule has 0 aromatic heterocycles. The first kappa shape index (κ1) is 11.1. The van der Waals surface area contributed by atoms with Gasteiger partial charge in [-0.05, 0) is 31.4 Å². The van der Waals surface area contributed by atoms with Gasteiger partial charge >= 0.3 is 0 Å². The largest absolute Gasteiger partial charge is 0.297 e. The van der Waals surface area contributed by atoms with Gasteiger partial charge in [0.1, 0.15) is 6.04 Å². The second kappa shape index (κ2) is 4.66. The second-order valence-corrected chi connectivity index (χ2v) is 4.36. The van der Waals surface area contributed by atoms with Crippen molar-refractivity contribution >= 4 is 11.5 Å². The lowest BCUT2D eigenvalue weighted by Gasteiger charge is -2.30. The van der Waals surface area contributed by atoms with Crippen molar-refractivity contribution < 1.29 is 10.0 Å². The Morgan fingerprint density at radius 2 is 2.06 bits per heavy atom. The second-order valence-electron chi connectivity index (χ2n) is 4.36. The van der Waals surface area contributed by atoms with E-state index in [4.69, 9.17) is 0 Å². The van der Waals surface area contributed by atoms with Gasteiger partial charge in [-0.3, -0.25) is 10.0 Å². The van der Waals surface area contributed by atoms with Crippen LogP contribution in [0.5, 0.6) is 0 Å². The van der Waals surface area contributed by atoms with Gasteiger partial charge < -0.3 is 0 Å². The minimum Gasteiger partial charge on any atom is -0.297 e. The summed E-state index contributed by atoms with van der Waals surface area (Å²) in [5.41, 5.74) is 1.73. The van der Waals surface area contributed by atoms with E-state index in [0.717, 1.165) is 35.6 Å². The molecule has 1 aliphatic carbocycles. The van der Waals surface area contributed by atoms with Gasteiger partial charge in [0.25, 0.3) is 0 Å². The number of carbonyl (C=O) groups excluding carboxylic acids is 1. The van der Waals surface area contributed by atoms with Crippen LogP contribution in [-0.4, -0.2) is 17.0 Å². The van der Waals surface area contributed by atoms with Crippen LogP contribution in [0, 0.1) is 6.92 Å². The van der Waals surface area contributed by atoms with Crippen LogP contribution in [-0.2, 0) is 4.79 Å². The topological polar surface area (TPSA) is 40.5 Å². The molecule has 1 aromatic carbocycles. The van der Waals surface area contributed by atoms with Crippen LogP contribution in [0.4, 0.5) is 5.69 Å². The van der Waals surface area contributed by atoms with Crippen molar-refractivity contribution in [2.24, 2.45) is 0 Å². The molecule has 0 bridgehead atoms. The zero-order valence-electron chi connectivity index (χ0n) is 9.52. The fourth-order valence-corrected chi connectivity index (χ4v) is 2.21. The average Bonchev–Trinajstić information content (AvgIpc) is 2.29. The van der Waals surface area contributed by atoms with Crippen molar-refractivity contribution in [1.82, 2.24) is 0 Å². The lowest BCUT2D eigenvalue weighted by Crippen LogP contribution is -2.41. The van der Waals surface area contributed by atoms with Gasteiger partial charge in [0.05, 0.1) is 5.69 Å². The van der Waals surface area contributed by atoms with Gasteiger partial charge in [-0.25, -0.2) is 5.06 Å². The predicted octanol–water partition coefficient (Wildman–Crippen LogP) is 2.70. The summed E-state index contributed by atoms with van der Waals surface area (Å²) in [5.74, 6) is 0.150. The Kier molecular flexibility index (Phi) is 3.25. The minimum atomic E-state index is -0.352. The molecule has 0 saturated heterocycles. The number of anilines is 1. The van der Waals surface area contributed by atoms with Crippen molar-refractivity contribution in [3.05, 3.63) is 29.8 Å². The Morgan fingerprint density at radius 3 is 2.75 bits per heavy atom. The minimum absolute atomic E-state index is 0.150. The highest BCUT2D eigenvalue weighted by Crippen LogP contribution is 2.25. The molecule has 0 spiro atoms. The predicted molar refractivity (Wildman–Crippen MR) is 62.7 cm³/mol. The number of ketones is 1. The number of nitrogens with zero attached hydrogens (tertiary/aromatic N) is 1. The maximum Gasteiger partial charge on any atom is 0.157 e. The lowest BCUT2D eigenvalue weighted by atomic mass is 9.93. The summed E-state index contributed by atoms with van der Waals surface area (Å²) in [5, 5.41) is 11.3. The van der Waals surface area contributed by atoms with E-state index < -0.39 is 0 Å². The molecule has 1 fully saturated rings. The van der Waals surface area contributed by atoms with Gasteiger partial charge in [0.2, 0.25) is 0 Å². The van der Waals surface area contributed by atoms with Crippen LogP contribution in [0.15, 0.2) is 24.3 Å². The van der Waals surface area contributed by atoms with E-state index in [-0.39, 0.29) is 11.8 Å². The molecule has 3 nitrogen and oxygen atoms in total. The monoisotopic (exact) mass is 219 g/mol. The summed E-state index contributed by atoms with van der Waals surface area (Å²) in [6.07, 6.45) is 3.31. The van der Waals surface area contributed by atoms with Crippen LogP contribution in [0.1, 0.15) is 31.2 Å². The van der Waals surface area contributed by atoms with E-state index in [1.165, 1.54) is 0 Å². The highest BCUT2D eigenvalue weighted by Gasteiger charge is 2.28. The fraction of sp³-hybridized carbons (Fsp3) is 0.462. The summed E-state index contributed by atoms with van der Waals surface area (Å²) in [6, 6.07) is 7.23. The number of hydroxylamine groups is 1. The van der Waals surface area contributed by atoms with E-state index in [2.05, 4.69) is 0 Å². The number of hydrogen-bond acceptors (Lipinski definition) is 3. The van der Waals surface area contributed by atoms with Crippen molar-refractivity contribution in [1.29, 1.82) is 0 Å². The van der Waals surface area contributed by atoms with E-state index in [9.17, 15) is 10.0 Å². The normalized spacial score (nSPS) is 20.9. The summed E-state index contributed by atoms with van der Waals surface area (Å²) >= 11 is 0. The van der Waals surface area contributed by atoms with E-state index in [1.54, 1.807) is 0 Å². The Labute approximate surface area is 95.6 Å². The number of aryl methyl sites for hydroxylation is 1. The number of benzene rings is 1. The summed E-state index contributed by atoms with van der Waals surface area (Å²) in [6.45, 7) is 1.94. The number of rotatable bonds is 2. The zero-order valence-corrected chi connectivity index (χ0v) is 9.52. The molecular weight excluding hydrogens is 202 g/mol. The fourth-order valence-electron chi connectivity index (χ4n) is 2.21. The standard InChI is InChI=1S/C13H17NO2/c1-10-6-2-3-7-11(10)14(16)12-8-4-5-9-13(12)15/h2-3,6-7,12,16H,4-5,8-9H2,1H3. The first-order chi connectivity index (χ1) is 7.70. The molecule has 1 saturated carbocycles. The number of carbonyl (C=O) groups is 1. The number of hydrogen-bond donors (Lipinski definition) is 1. The number of para-hydroxylation sites is 1. The average molecular weight is 219 g/mol. The van der Waals surface area contributed by atoms with Crippen LogP contribution in [0.25, 0.3) is 0 Å². The first-order valence-electron chi connectivity index (χ1n) is 5.76. The van der Waals surface area contributed by atoms with E-state index >= 15 is 0 Å². The molecule has 0 aliphatic heterocycles. The Hall–Kier alpha value is -1.35. The first-order valence-corrected chi connectivity index (χ1v) is 5.76. The zero-order chi connectivity index (χ0) is 11.5. The van der Waals surface area contributed by atoms with Crippen molar-refractivity contribution in [3.63, 3.8) is 0 Å². The molecule has 0 radical (unpaired) electrons. The quantitative estimate of drug-likeness (QED) is 0.777. The van der Waals surface area contributed by atoms with Crippen LogP contribution < -0.4 is 5.06 Å². The third kappa shape index (κ3) is 2.09. The highest BCUT2D eigenvalue weighted by molar-refractivity contribution is 5.87. The highest BCUT2D eigenvalue weighted by atomic mass is 16.5. The van der Waals surface area contributed by atoms with Gasteiger partial charge in [-0.1, -0.05) is 24.6 Å². The van der Waals surface area contributed by atoms with E-state index in [0.29, 0.717) is 6.42 Å². The molecule has 1 aliphatic rings. The molecule has 2 rings (SSSR count). The summed E-state index contributed by atoms with van der Waals surface area (Å²) in [7, 11) is 0. The molecule has 86 valence electrons. The molecule has 3 heteroatoms. The van der Waals surface area contributed by atoms with Crippen molar-refractivity contribution in [3.8, 4) is 0 Å². The summed E-state index contributed by atoms with van der Waals surface area (Å²) in [4.78, 5) is 11.7. The van der Waals surface area contributed by atoms with Crippen molar-refractivity contribution in [2.75, 3.05) is 5.06 Å².